The number of nitrogens with zero attached hydrogens (tertiary/aromatic N) is 5. The maximum absolute atomic E-state index is 12.8. The minimum atomic E-state index is -1.42. The first kappa shape index (κ1) is 24.8. The Bertz CT molecular complexity index is 1200. The van der Waals surface area contributed by atoms with Crippen LogP contribution in [0.2, 0.25) is 0 Å². The molecule has 0 spiro atoms. The highest BCUT2D eigenvalue weighted by atomic mass is 32.2. The van der Waals surface area contributed by atoms with Gasteiger partial charge < -0.3 is 21.0 Å². The van der Waals surface area contributed by atoms with Gasteiger partial charge in [-0.05, 0) is 6.26 Å². The maximum Gasteiger partial charge on any atom is 0.352 e. The molecule has 180 valence electrons. The van der Waals surface area contributed by atoms with Crippen LogP contribution in [-0.2, 0) is 24.1 Å². The lowest BCUT2D eigenvalue weighted by molar-refractivity contribution is -0.146. The number of carboxylic acid groups (broad SMARTS) is 1. The van der Waals surface area contributed by atoms with Crippen LogP contribution < -0.4 is 11.1 Å². The Morgan fingerprint density at radius 3 is 2.82 bits per heavy atom. The van der Waals surface area contributed by atoms with E-state index in [0.29, 0.717) is 10.0 Å². The smallest absolute Gasteiger partial charge is 0.352 e. The van der Waals surface area contributed by atoms with Crippen molar-refractivity contribution in [2.24, 2.45) is 5.16 Å². The van der Waals surface area contributed by atoms with Crippen LogP contribution >= 0.6 is 58.0 Å². The van der Waals surface area contributed by atoms with Crippen molar-refractivity contribution in [1.82, 2.24) is 25.4 Å². The molecule has 1 saturated heterocycles. The Labute approximate surface area is 213 Å². The molecule has 0 aliphatic carbocycles. The summed E-state index contributed by atoms with van der Waals surface area (Å²) in [6.45, 7) is 0. The Hall–Kier alpha value is -2.34. The zero-order chi connectivity index (χ0) is 24.5. The zero-order valence-corrected chi connectivity index (χ0v) is 21.7. The molecule has 2 amide bonds. The number of carboxylic acids is 1. The third-order valence-corrected chi connectivity index (χ3v) is 10.0. The number of carbonyl (C=O) groups excluding carboxylic acids is 2. The quantitative estimate of drug-likeness (QED) is 0.176. The van der Waals surface area contributed by atoms with Gasteiger partial charge in [-0.25, -0.2) is 9.78 Å². The number of rotatable bonds is 9. The first-order valence-corrected chi connectivity index (χ1v) is 14.1. The Morgan fingerprint density at radius 1 is 1.47 bits per heavy atom. The molecule has 0 saturated carbocycles. The van der Waals surface area contributed by atoms with Gasteiger partial charge in [0.25, 0.3) is 5.91 Å². The normalized spacial score (nSPS) is 22.0. The second kappa shape index (κ2) is 10.1. The average molecular weight is 560 g/mol. The van der Waals surface area contributed by atoms with E-state index in [4.69, 9.17) is 5.73 Å². The second-order valence-corrected chi connectivity index (χ2v) is 12.2. The monoisotopic (exact) mass is 559 g/mol. The summed E-state index contributed by atoms with van der Waals surface area (Å²) in [4.78, 5) is 46.4. The molecular formula is C17H17N7O5S5. The lowest BCUT2D eigenvalue weighted by Gasteiger charge is -2.51. The van der Waals surface area contributed by atoms with Crippen molar-refractivity contribution in [3.63, 3.8) is 0 Å². The summed E-state index contributed by atoms with van der Waals surface area (Å²) in [6, 6.07) is 0. The SMILES string of the molecule is CON=CC(=O)NC1(c2csc(N)n2)S[C@H]2CC(=O)N2C(C(=O)O)=C1CSc1nnc(SC)s1. The number of aliphatic carboxylic acids is 1. The standard InChI is InChI=1S/C17H17N7O5S5/c1-29-19-4-9(25)21-17(8-6-31-14(18)20-8)7(5-32-16-23-22-15(30-2)33-16)12(13(27)28)24-10(26)3-11(24)34-17/h4,6,11H,3,5H2,1-2H3,(H2,18,20)(H,21,25)(H,27,28)/t11-,17?/m0/s1. The molecular weight excluding hydrogens is 543 g/mol. The molecule has 2 aliphatic heterocycles. The summed E-state index contributed by atoms with van der Waals surface area (Å²) in [5.41, 5.74) is 6.32. The number of thiazole rings is 1. The number of oxime groups is 1. The number of carbonyl (C=O) groups is 3. The first-order chi connectivity index (χ1) is 16.3. The third kappa shape index (κ3) is 4.61. The van der Waals surface area contributed by atoms with E-state index in [-0.39, 0.29) is 34.5 Å². The van der Waals surface area contributed by atoms with E-state index in [1.54, 1.807) is 5.38 Å². The second-order valence-electron chi connectivity index (χ2n) is 6.66. The van der Waals surface area contributed by atoms with Crippen molar-refractivity contribution < 1.29 is 24.3 Å². The molecule has 1 unspecified atom stereocenters. The molecule has 17 heteroatoms. The molecule has 0 bridgehead atoms. The maximum atomic E-state index is 12.8. The van der Waals surface area contributed by atoms with E-state index in [0.717, 1.165) is 21.9 Å². The van der Waals surface area contributed by atoms with E-state index in [1.807, 2.05) is 6.26 Å². The lowest BCUT2D eigenvalue weighted by Crippen LogP contribution is -2.61. The number of nitrogens with two attached hydrogens (primary N) is 1. The molecule has 0 aromatic carbocycles. The van der Waals surface area contributed by atoms with Crippen molar-refractivity contribution in [1.29, 1.82) is 0 Å². The van der Waals surface area contributed by atoms with Gasteiger partial charge in [0, 0.05) is 16.7 Å². The van der Waals surface area contributed by atoms with Crippen LogP contribution in [0, 0.1) is 0 Å². The number of nitrogen functional groups attached to an aromatic ring is 1. The molecule has 2 atom stereocenters. The molecule has 1 fully saturated rings. The summed E-state index contributed by atoms with van der Waals surface area (Å²) >= 11 is 6.44. The summed E-state index contributed by atoms with van der Waals surface area (Å²) in [5, 5.41) is 26.1. The summed E-state index contributed by atoms with van der Waals surface area (Å²) in [5.74, 6) is -2.14. The van der Waals surface area contributed by atoms with Crippen LogP contribution in [0.3, 0.4) is 0 Å². The van der Waals surface area contributed by atoms with Gasteiger partial charge in [0.15, 0.2) is 18.7 Å². The molecule has 4 rings (SSSR count). The van der Waals surface area contributed by atoms with Gasteiger partial charge in [-0.3, -0.25) is 14.5 Å². The third-order valence-electron chi connectivity index (χ3n) is 4.73. The number of anilines is 1. The van der Waals surface area contributed by atoms with Crippen molar-refractivity contribution >= 4 is 87.1 Å². The van der Waals surface area contributed by atoms with Crippen LogP contribution in [0.25, 0.3) is 0 Å². The van der Waals surface area contributed by atoms with Gasteiger partial charge in [-0.1, -0.05) is 51.8 Å². The predicted octanol–water partition coefficient (Wildman–Crippen LogP) is 1.64. The van der Waals surface area contributed by atoms with Gasteiger partial charge >= 0.3 is 5.97 Å². The van der Waals surface area contributed by atoms with Gasteiger partial charge in [0.05, 0.1) is 17.5 Å². The minimum Gasteiger partial charge on any atom is -0.477 e. The molecule has 2 aromatic rings. The van der Waals surface area contributed by atoms with Gasteiger partial charge in [0.1, 0.15) is 19.0 Å². The number of fused-ring (bicyclic) bond motifs is 1. The fourth-order valence-corrected chi connectivity index (χ4v) is 8.32. The number of aromatic nitrogens is 3. The minimum absolute atomic E-state index is 0.0906. The number of nitrogens with one attached hydrogen (secondary N) is 1. The molecule has 4 heterocycles. The number of β-lactam (4-membered cyclic amide) rings is 1. The molecule has 34 heavy (non-hydrogen) atoms. The molecule has 4 N–H and O–H groups in total. The highest BCUT2D eigenvalue weighted by molar-refractivity contribution is 8.03. The van der Waals surface area contributed by atoms with Crippen molar-refractivity contribution in [3.05, 3.63) is 22.3 Å². The van der Waals surface area contributed by atoms with Gasteiger partial charge in [-0.15, -0.1) is 21.5 Å². The molecule has 0 radical (unpaired) electrons. The van der Waals surface area contributed by atoms with Crippen molar-refractivity contribution in [3.8, 4) is 0 Å². The lowest BCUT2D eigenvalue weighted by atomic mass is 9.98. The molecule has 12 nitrogen and oxygen atoms in total. The number of hydrogen-bond donors (Lipinski definition) is 3. The van der Waals surface area contributed by atoms with Crippen LogP contribution in [0.4, 0.5) is 5.13 Å². The predicted molar refractivity (Wildman–Crippen MR) is 132 cm³/mol. The van der Waals surface area contributed by atoms with Crippen LogP contribution in [-0.4, -0.2) is 73.7 Å². The Kier molecular flexibility index (Phi) is 7.36. The van der Waals surface area contributed by atoms with E-state index < -0.39 is 22.1 Å². The highest BCUT2D eigenvalue weighted by Gasteiger charge is 2.56. The van der Waals surface area contributed by atoms with Crippen LogP contribution in [0.1, 0.15) is 12.1 Å². The van der Waals surface area contributed by atoms with E-state index in [2.05, 4.69) is 30.5 Å². The fourth-order valence-electron chi connectivity index (χ4n) is 3.35. The van der Waals surface area contributed by atoms with Crippen LogP contribution in [0.15, 0.2) is 30.5 Å². The average Bonchev–Trinajstić information content (AvgIpc) is 3.44. The molecule has 2 aromatic heterocycles. The highest BCUT2D eigenvalue weighted by Crippen LogP contribution is 2.55. The van der Waals surface area contributed by atoms with Crippen LogP contribution in [0.5, 0.6) is 0 Å². The summed E-state index contributed by atoms with van der Waals surface area (Å²) < 4.78 is 1.37. The summed E-state index contributed by atoms with van der Waals surface area (Å²) in [7, 11) is 1.29. The van der Waals surface area contributed by atoms with Gasteiger partial charge in [0.2, 0.25) is 5.91 Å². The van der Waals surface area contributed by atoms with Crippen molar-refractivity contribution in [2.45, 2.75) is 25.3 Å². The zero-order valence-electron chi connectivity index (χ0n) is 17.6. The topological polar surface area (TPSA) is 173 Å². The van der Waals surface area contributed by atoms with Crippen molar-refractivity contribution in [2.75, 3.05) is 24.9 Å². The van der Waals surface area contributed by atoms with E-state index >= 15 is 0 Å². The van der Waals surface area contributed by atoms with E-state index in [9.17, 15) is 19.5 Å². The fraction of sp³-hybridized carbons (Fsp3) is 0.353. The van der Waals surface area contributed by atoms with Gasteiger partial charge in [-0.2, -0.15) is 0 Å². The number of thioether (sulfide) groups is 3. The summed E-state index contributed by atoms with van der Waals surface area (Å²) in [6.07, 6.45) is 2.94. The van der Waals surface area contributed by atoms with E-state index in [1.165, 1.54) is 58.6 Å². The Morgan fingerprint density at radius 2 is 2.24 bits per heavy atom. The largest absolute Gasteiger partial charge is 0.477 e. The Balaban J connectivity index is 1.85. The number of hydrogen-bond acceptors (Lipinski definition) is 14. The number of amides is 2. The first-order valence-electron chi connectivity index (χ1n) is 9.36. The molecule has 2 aliphatic rings.